The van der Waals surface area contributed by atoms with Crippen LogP contribution in [0.5, 0.6) is 0 Å². The third-order valence-corrected chi connectivity index (χ3v) is 2.59. The van der Waals surface area contributed by atoms with Gasteiger partial charge in [0.1, 0.15) is 0 Å². The fourth-order valence-corrected chi connectivity index (χ4v) is 1.49. The Hall–Kier alpha value is -0.420. The van der Waals surface area contributed by atoms with Crippen LogP contribution >= 0.6 is 34.8 Å². The first-order valence-electron chi connectivity index (χ1n) is 3.16. The van der Waals surface area contributed by atoms with Gasteiger partial charge in [0.25, 0.3) is 0 Å². The highest BCUT2D eigenvalue weighted by molar-refractivity contribution is 6.44. The van der Waals surface area contributed by atoms with Gasteiger partial charge in [-0.25, -0.2) is 0 Å². The standard InChI is InChI=1S/C8H4Cl3N/c9-6-1-2-7(10)8(11)5(6)3-4-12/h1-2H,3H2. The van der Waals surface area contributed by atoms with Crippen molar-refractivity contribution in [3.05, 3.63) is 32.8 Å². The first-order chi connectivity index (χ1) is 5.66. The lowest BCUT2D eigenvalue weighted by atomic mass is 10.2. The van der Waals surface area contributed by atoms with Crippen molar-refractivity contribution in [1.29, 1.82) is 5.26 Å². The molecular weight excluding hydrogens is 216 g/mol. The van der Waals surface area contributed by atoms with Gasteiger partial charge in [0, 0.05) is 10.6 Å². The quantitative estimate of drug-likeness (QED) is 0.662. The van der Waals surface area contributed by atoms with E-state index >= 15 is 0 Å². The highest BCUT2D eigenvalue weighted by atomic mass is 35.5. The van der Waals surface area contributed by atoms with Crippen molar-refractivity contribution < 1.29 is 0 Å². The number of rotatable bonds is 1. The van der Waals surface area contributed by atoms with Gasteiger partial charge in [0.05, 0.1) is 22.5 Å². The summed E-state index contributed by atoms with van der Waals surface area (Å²) in [6.07, 6.45) is 0.179. The van der Waals surface area contributed by atoms with Gasteiger partial charge in [0.2, 0.25) is 0 Å². The molecule has 1 aromatic rings. The van der Waals surface area contributed by atoms with Crippen LogP contribution in [0.1, 0.15) is 5.56 Å². The minimum Gasteiger partial charge on any atom is -0.198 e. The molecule has 0 aliphatic carbocycles. The fourth-order valence-electron chi connectivity index (χ4n) is 0.810. The summed E-state index contributed by atoms with van der Waals surface area (Å²) in [6, 6.07) is 5.20. The number of hydrogen-bond donors (Lipinski definition) is 0. The number of nitriles is 1. The van der Waals surface area contributed by atoms with Crippen molar-refractivity contribution in [3.8, 4) is 6.07 Å². The molecule has 0 aliphatic heterocycles. The molecule has 0 bridgehead atoms. The van der Waals surface area contributed by atoms with Crippen LogP contribution in [0.2, 0.25) is 15.1 Å². The predicted molar refractivity (Wildman–Crippen MR) is 50.8 cm³/mol. The second kappa shape index (κ2) is 4.00. The van der Waals surface area contributed by atoms with E-state index in [9.17, 15) is 0 Å². The van der Waals surface area contributed by atoms with Crippen molar-refractivity contribution in [2.75, 3.05) is 0 Å². The van der Waals surface area contributed by atoms with Crippen LogP contribution in [0.3, 0.4) is 0 Å². The molecule has 0 atom stereocenters. The van der Waals surface area contributed by atoms with E-state index in [1.807, 2.05) is 6.07 Å². The largest absolute Gasteiger partial charge is 0.198 e. The molecule has 1 rings (SSSR count). The number of hydrogen-bond acceptors (Lipinski definition) is 1. The Morgan fingerprint density at radius 2 is 1.75 bits per heavy atom. The molecule has 12 heavy (non-hydrogen) atoms. The summed E-state index contributed by atoms with van der Waals surface area (Å²) in [5, 5.41) is 9.72. The Balaban J connectivity index is 3.25. The van der Waals surface area contributed by atoms with E-state index in [2.05, 4.69) is 0 Å². The first-order valence-corrected chi connectivity index (χ1v) is 4.29. The molecule has 0 aliphatic rings. The van der Waals surface area contributed by atoms with Crippen LogP contribution in [-0.2, 0) is 6.42 Å². The molecule has 62 valence electrons. The molecule has 0 amide bonds. The molecule has 0 fully saturated rings. The molecule has 0 aromatic heterocycles. The second-order valence-corrected chi connectivity index (χ2v) is 3.35. The summed E-state index contributed by atoms with van der Waals surface area (Å²) in [5.41, 5.74) is 0.591. The highest BCUT2D eigenvalue weighted by Crippen LogP contribution is 2.31. The van der Waals surface area contributed by atoms with Crippen LogP contribution in [0.4, 0.5) is 0 Å². The maximum Gasteiger partial charge on any atom is 0.0670 e. The Morgan fingerprint density at radius 1 is 1.17 bits per heavy atom. The average molecular weight is 220 g/mol. The van der Waals surface area contributed by atoms with Gasteiger partial charge < -0.3 is 0 Å². The third kappa shape index (κ3) is 1.84. The molecule has 0 radical (unpaired) electrons. The van der Waals surface area contributed by atoms with Crippen LogP contribution in [0, 0.1) is 11.3 Å². The summed E-state index contributed by atoms with van der Waals surface area (Å²) in [6.45, 7) is 0. The molecule has 0 spiro atoms. The summed E-state index contributed by atoms with van der Waals surface area (Å²) < 4.78 is 0. The normalized spacial score (nSPS) is 9.50. The lowest BCUT2D eigenvalue weighted by molar-refractivity contribution is 1.26. The van der Waals surface area contributed by atoms with Gasteiger partial charge in [-0.1, -0.05) is 34.8 Å². The zero-order valence-electron chi connectivity index (χ0n) is 5.94. The van der Waals surface area contributed by atoms with Crippen molar-refractivity contribution in [1.82, 2.24) is 0 Å². The summed E-state index contributed by atoms with van der Waals surface area (Å²) in [7, 11) is 0. The maximum atomic E-state index is 8.45. The fraction of sp³-hybridized carbons (Fsp3) is 0.125. The van der Waals surface area contributed by atoms with Gasteiger partial charge in [-0.2, -0.15) is 5.26 Å². The average Bonchev–Trinajstić information content (AvgIpc) is 2.06. The third-order valence-electron chi connectivity index (χ3n) is 1.39. The number of halogens is 3. The molecule has 1 nitrogen and oxygen atoms in total. The zero-order valence-corrected chi connectivity index (χ0v) is 8.21. The van der Waals surface area contributed by atoms with E-state index in [4.69, 9.17) is 40.1 Å². The van der Waals surface area contributed by atoms with Gasteiger partial charge in [-0.15, -0.1) is 0 Å². The molecular formula is C8H4Cl3N. The molecule has 0 saturated heterocycles. The number of benzene rings is 1. The van der Waals surface area contributed by atoms with Crippen LogP contribution < -0.4 is 0 Å². The lowest BCUT2D eigenvalue weighted by Gasteiger charge is -2.03. The smallest absolute Gasteiger partial charge is 0.0670 e. The van der Waals surface area contributed by atoms with E-state index in [0.29, 0.717) is 20.6 Å². The Morgan fingerprint density at radius 3 is 2.33 bits per heavy atom. The predicted octanol–water partition coefficient (Wildman–Crippen LogP) is 3.71. The van der Waals surface area contributed by atoms with Gasteiger partial charge >= 0.3 is 0 Å². The van der Waals surface area contributed by atoms with Gasteiger partial charge in [-0.05, 0) is 12.1 Å². The summed E-state index contributed by atoms with van der Waals surface area (Å²) in [4.78, 5) is 0. The van der Waals surface area contributed by atoms with Crippen molar-refractivity contribution in [3.63, 3.8) is 0 Å². The van der Waals surface area contributed by atoms with Crippen molar-refractivity contribution in [2.45, 2.75) is 6.42 Å². The monoisotopic (exact) mass is 219 g/mol. The molecule has 0 heterocycles. The molecule has 4 heteroatoms. The van der Waals surface area contributed by atoms with Crippen molar-refractivity contribution >= 4 is 34.8 Å². The lowest BCUT2D eigenvalue weighted by Crippen LogP contribution is -1.85. The SMILES string of the molecule is N#CCc1c(Cl)ccc(Cl)c1Cl. The number of nitrogens with zero attached hydrogens (tertiary/aromatic N) is 1. The Labute approximate surface area is 85.5 Å². The Bertz CT molecular complexity index is 341. The molecule has 1 aromatic carbocycles. The van der Waals surface area contributed by atoms with Gasteiger partial charge in [0.15, 0.2) is 0 Å². The summed E-state index contributed by atoms with van der Waals surface area (Å²) >= 11 is 17.3. The Kier molecular flexibility index (Phi) is 3.22. The van der Waals surface area contributed by atoms with E-state index < -0.39 is 0 Å². The molecule has 0 saturated carbocycles. The van der Waals surface area contributed by atoms with E-state index in [1.54, 1.807) is 12.1 Å². The van der Waals surface area contributed by atoms with E-state index in [0.717, 1.165) is 0 Å². The van der Waals surface area contributed by atoms with Crippen LogP contribution in [0.25, 0.3) is 0 Å². The maximum absolute atomic E-state index is 8.45. The van der Waals surface area contributed by atoms with E-state index in [-0.39, 0.29) is 6.42 Å². The first kappa shape index (κ1) is 9.67. The van der Waals surface area contributed by atoms with Crippen LogP contribution in [0.15, 0.2) is 12.1 Å². The molecule has 0 unspecified atom stereocenters. The second-order valence-electron chi connectivity index (χ2n) is 2.16. The topological polar surface area (TPSA) is 23.8 Å². The minimum atomic E-state index is 0.179. The highest BCUT2D eigenvalue weighted by Gasteiger charge is 2.08. The van der Waals surface area contributed by atoms with Crippen molar-refractivity contribution in [2.24, 2.45) is 0 Å². The van der Waals surface area contributed by atoms with E-state index in [1.165, 1.54) is 0 Å². The van der Waals surface area contributed by atoms with Gasteiger partial charge in [-0.3, -0.25) is 0 Å². The zero-order chi connectivity index (χ0) is 9.14. The van der Waals surface area contributed by atoms with Crippen LogP contribution in [-0.4, -0.2) is 0 Å². The minimum absolute atomic E-state index is 0.179. The molecule has 0 N–H and O–H groups in total. The summed E-state index contributed by atoms with van der Waals surface area (Å²) in [5.74, 6) is 0.